The smallest absolute Gasteiger partial charge is 0.409 e. The van der Waals surface area contributed by atoms with Crippen molar-refractivity contribution < 1.29 is 9.53 Å². The number of rotatable bonds is 2. The molecule has 2 aromatic heterocycles. The maximum Gasteiger partial charge on any atom is 0.409 e. The van der Waals surface area contributed by atoms with Crippen LogP contribution in [0.15, 0.2) is 12.1 Å². The van der Waals surface area contributed by atoms with E-state index in [0.29, 0.717) is 19.7 Å². The summed E-state index contributed by atoms with van der Waals surface area (Å²) in [5, 5.41) is 12.6. The number of anilines is 1. The average molecular weight is 290 g/mol. The van der Waals surface area contributed by atoms with Gasteiger partial charge in [0.1, 0.15) is 5.82 Å². The molecule has 3 rings (SSSR count). The van der Waals surface area contributed by atoms with Crippen LogP contribution in [0, 0.1) is 6.92 Å². The Morgan fingerprint density at radius 3 is 2.71 bits per heavy atom. The molecule has 8 heteroatoms. The van der Waals surface area contributed by atoms with Crippen LogP contribution in [0.1, 0.15) is 12.7 Å². The SMILES string of the molecule is CCOC(=O)N1CCN(c2ccc3nnc(C)n3n2)CC1. The molecule has 0 unspecified atom stereocenters. The molecule has 2 aromatic rings. The number of fused-ring (bicyclic) bond motifs is 1. The van der Waals surface area contributed by atoms with Gasteiger partial charge in [0, 0.05) is 26.2 Å². The maximum atomic E-state index is 11.7. The lowest BCUT2D eigenvalue weighted by atomic mass is 10.3. The number of amides is 1. The molecule has 0 saturated carbocycles. The molecule has 1 aliphatic heterocycles. The summed E-state index contributed by atoms with van der Waals surface area (Å²) in [6.45, 7) is 6.84. The van der Waals surface area contributed by atoms with E-state index in [4.69, 9.17) is 4.74 Å². The molecule has 3 heterocycles. The first-order valence-electron chi connectivity index (χ1n) is 7.04. The summed E-state index contributed by atoms with van der Waals surface area (Å²) in [5.74, 6) is 1.63. The first kappa shape index (κ1) is 13.6. The average Bonchev–Trinajstić information content (AvgIpc) is 2.89. The van der Waals surface area contributed by atoms with Crippen LogP contribution in [0.25, 0.3) is 5.65 Å². The number of ether oxygens (including phenoxy) is 1. The molecule has 0 radical (unpaired) electrons. The highest BCUT2D eigenvalue weighted by atomic mass is 16.6. The molecule has 112 valence electrons. The van der Waals surface area contributed by atoms with E-state index in [1.165, 1.54) is 0 Å². The van der Waals surface area contributed by atoms with Crippen molar-refractivity contribution in [3.8, 4) is 0 Å². The Hall–Kier alpha value is -2.38. The van der Waals surface area contributed by atoms with Crippen LogP contribution in [-0.4, -0.2) is 63.6 Å². The lowest BCUT2D eigenvalue weighted by molar-refractivity contribution is 0.105. The van der Waals surface area contributed by atoms with Gasteiger partial charge in [0.05, 0.1) is 6.61 Å². The fourth-order valence-corrected chi connectivity index (χ4v) is 2.39. The monoisotopic (exact) mass is 290 g/mol. The van der Waals surface area contributed by atoms with Crippen molar-refractivity contribution in [1.82, 2.24) is 24.7 Å². The van der Waals surface area contributed by atoms with Gasteiger partial charge in [0.25, 0.3) is 0 Å². The Morgan fingerprint density at radius 2 is 2.00 bits per heavy atom. The fraction of sp³-hybridized carbons (Fsp3) is 0.538. The summed E-state index contributed by atoms with van der Waals surface area (Å²) in [5.41, 5.74) is 0.737. The zero-order valence-corrected chi connectivity index (χ0v) is 12.2. The lowest BCUT2D eigenvalue weighted by Crippen LogP contribution is -2.49. The van der Waals surface area contributed by atoms with Crippen molar-refractivity contribution in [2.24, 2.45) is 0 Å². The highest BCUT2D eigenvalue weighted by Gasteiger charge is 2.23. The van der Waals surface area contributed by atoms with E-state index in [1.807, 2.05) is 26.0 Å². The first-order valence-corrected chi connectivity index (χ1v) is 7.04. The first-order chi connectivity index (χ1) is 10.2. The van der Waals surface area contributed by atoms with Crippen molar-refractivity contribution >= 4 is 17.6 Å². The van der Waals surface area contributed by atoms with Gasteiger partial charge in [0.15, 0.2) is 11.5 Å². The Morgan fingerprint density at radius 1 is 1.24 bits per heavy atom. The molecule has 1 saturated heterocycles. The fourth-order valence-electron chi connectivity index (χ4n) is 2.39. The van der Waals surface area contributed by atoms with Gasteiger partial charge in [-0.3, -0.25) is 0 Å². The van der Waals surface area contributed by atoms with Crippen molar-refractivity contribution in [3.05, 3.63) is 18.0 Å². The maximum absolute atomic E-state index is 11.7. The summed E-state index contributed by atoms with van der Waals surface area (Å²) in [6.07, 6.45) is -0.241. The number of hydrogen-bond donors (Lipinski definition) is 0. The summed E-state index contributed by atoms with van der Waals surface area (Å²) in [4.78, 5) is 15.5. The third kappa shape index (κ3) is 2.61. The van der Waals surface area contributed by atoms with Crippen LogP contribution < -0.4 is 4.90 Å². The van der Waals surface area contributed by atoms with E-state index in [2.05, 4.69) is 20.2 Å². The Kier molecular flexibility index (Phi) is 3.59. The van der Waals surface area contributed by atoms with Gasteiger partial charge in [0.2, 0.25) is 0 Å². The molecular weight excluding hydrogens is 272 g/mol. The van der Waals surface area contributed by atoms with Gasteiger partial charge < -0.3 is 14.5 Å². The molecule has 0 aromatic carbocycles. The Bertz CT molecular complexity index is 647. The third-order valence-electron chi connectivity index (χ3n) is 3.53. The second-order valence-electron chi connectivity index (χ2n) is 4.88. The molecule has 8 nitrogen and oxygen atoms in total. The zero-order chi connectivity index (χ0) is 14.8. The highest BCUT2D eigenvalue weighted by molar-refractivity contribution is 5.68. The van der Waals surface area contributed by atoms with Gasteiger partial charge in [-0.05, 0) is 26.0 Å². The van der Waals surface area contributed by atoms with Crippen molar-refractivity contribution in [2.75, 3.05) is 37.7 Å². The molecule has 0 bridgehead atoms. The molecule has 1 amide bonds. The van der Waals surface area contributed by atoms with Gasteiger partial charge in [-0.15, -0.1) is 15.3 Å². The molecular formula is C13H18N6O2. The van der Waals surface area contributed by atoms with Crippen LogP contribution in [0.5, 0.6) is 0 Å². The highest BCUT2D eigenvalue weighted by Crippen LogP contribution is 2.15. The van der Waals surface area contributed by atoms with Crippen molar-refractivity contribution in [3.63, 3.8) is 0 Å². The van der Waals surface area contributed by atoms with E-state index in [1.54, 1.807) is 9.42 Å². The van der Waals surface area contributed by atoms with Gasteiger partial charge in [-0.1, -0.05) is 0 Å². The summed E-state index contributed by atoms with van der Waals surface area (Å²) in [6, 6.07) is 3.84. The van der Waals surface area contributed by atoms with E-state index in [0.717, 1.165) is 30.4 Å². The number of aryl methyl sites for hydroxylation is 1. The number of carbonyl (C=O) groups excluding carboxylic acids is 1. The standard InChI is InChI=1S/C13H18N6O2/c1-3-21-13(20)18-8-6-17(7-9-18)12-5-4-11-15-14-10(2)19(11)16-12/h4-5H,3,6-9H2,1-2H3. The topological polar surface area (TPSA) is 75.9 Å². The van der Waals surface area contributed by atoms with Crippen LogP contribution in [0.3, 0.4) is 0 Å². The molecule has 21 heavy (non-hydrogen) atoms. The second-order valence-corrected chi connectivity index (χ2v) is 4.88. The normalized spacial score (nSPS) is 15.5. The minimum atomic E-state index is -0.241. The number of carbonyl (C=O) groups is 1. The molecule has 1 aliphatic rings. The quantitative estimate of drug-likeness (QED) is 0.811. The van der Waals surface area contributed by atoms with Crippen molar-refractivity contribution in [2.45, 2.75) is 13.8 Å². The van der Waals surface area contributed by atoms with E-state index in [-0.39, 0.29) is 6.09 Å². The lowest BCUT2D eigenvalue weighted by Gasteiger charge is -2.34. The molecule has 0 spiro atoms. The van der Waals surface area contributed by atoms with Crippen LogP contribution in [-0.2, 0) is 4.74 Å². The van der Waals surface area contributed by atoms with E-state index < -0.39 is 0 Å². The van der Waals surface area contributed by atoms with Crippen molar-refractivity contribution in [1.29, 1.82) is 0 Å². The van der Waals surface area contributed by atoms with Gasteiger partial charge >= 0.3 is 6.09 Å². The molecule has 0 aliphatic carbocycles. The number of piperazine rings is 1. The minimum absolute atomic E-state index is 0.241. The summed E-state index contributed by atoms with van der Waals surface area (Å²) in [7, 11) is 0. The third-order valence-corrected chi connectivity index (χ3v) is 3.53. The number of hydrogen-bond acceptors (Lipinski definition) is 6. The van der Waals surface area contributed by atoms with E-state index in [9.17, 15) is 4.79 Å². The van der Waals surface area contributed by atoms with Crippen LogP contribution >= 0.6 is 0 Å². The van der Waals surface area contributed by atoms with Crippen LogP contribution in [0.4, 0.5) is 10.6 Å². The number of nitrogens with zero attached hydrogens (tertiary/aromatic N) is 6. The predicted octanol–water partition coefficient (Wildman–Crippen LogP) is 0.711. The Balaban J connectivity index is 1.70. The van der Waals surface area contributed by atoms with Gasteiger partial charge in [-0.25, -0.2) is 4.79 Å². The largest absolute Gasteiger partial charge is 0.450 e. The zero-order valence-electron chi connectivity index (χ0n) is 12.2. The summed E-state index contributed by atoms with van der Waals surface area (Å²) >= 11 is 0. The van der Waals surface area contributed by atoms with E-state index >= 15 is 0 Å². The molecule has 0 N–H and O–H groups in total. The minimum Gasteiger partial charge on any atom is -0.450 e. The van der Waals surface area contributed by atoms with Gasteiger partial charge in [-0.2, -0.15) is 4.52 Å². The predicted molar refractivity (Wildman–Crippen MR) is 76.3 cm³/mol. The number of aromatic nitrogens is 4. The molecule has 0 atom stereocenters. The summed E-state index contributed by atoms with van der Waals surface area (Å²) < 4.78 is 6.75. The Labute approximate surface area is 122 Å². The van der Waals surface area contributed by atoms with Crippen LogP contribution in [0.2, 0.25) is 0 Å². The second kappa shape index (κ2) is 5.55. The molecule has 1 fully saturated rings.